The van der Waals surface area contributed by atoms with E-state index in [-0.39, 0.29) is 55.7 Å². The molecule has 3 amide bonds. The van der Waals surface area contributed by atoms with Crippen LogP contribution in [0.25, 0.3) is 0 Å². The third-order valence-electron chi connectivity index (χ3n) is 11.1. The molecule has 1 fully saturated rings. The number of hydrogen-bond donors (Lipinski definition) is 1. The molecule has 3 aliphatic rings. The quantitative estimate of drug-likeness (QED) is 0.0760. The molecule has 3 aliphatic heterocycles. The highest BCUT2D eigenvalue weighted by molar-refractivity contribution is 6.72. The van der Waals surface area contributed by atoms with Crippen molar-refractivity contribution >= 4 is 48.9 Å². The molecule has 0 aromatic heterocycles. The predicted molar refractivity (Wildman–Crippen MR) is 204 cm³/mol. The first-order chi connectivity index (χ1) is 25.8. The third kappa shape index (κ3) is 6.60. The van der Waals surface area contributed by atoms with E-state index in [0.29, 0.717) is 24.2 Å². The van der Waals surface area contributed by atoms with Crippen LogP contribution in [0, 0.1) is 16.0 Å². The molecule has 3 heterocycles. The summed E-state index contributed by atoms with van der Waals surface area (Å²) in [6, 6.07) is 28.7. The second-order valence-corrected chi connectivity index (χ2v) is 18.7. The fourth-order valence-electron chi connectivity index (χ4n) is 8.67. The fraction of sp³-hybridized carbons (Fsp3) is 0.341. The van der Waals surface area contributed by atoms with Crippen LogP contribution in [-0.2, 0) is 44.2 Å². The van der Waals surface area contributed by atoms with Crippen LogP contribution in [0.15, 0.2) is 97.1 Å². The van der Waals surface area contributed by atoms with E-state index in [1.54, 1.807) is 11.8 Å². The Kier molecular flexibility index (Phi) is 9.98. The number of carbonyl (C=O) groups excluding carboxylic acids is 3. The van der Waals surface area contributed by atoms with Crippen molar-refractivity contribution in [3.63, 3.8) is 0 Å². The number of amides is 3. The zero-order valence-corrected chi connectivity index (χ0v) is 31.5. The number of aliphatic hydroxyl groups is 1. The lowest BCUT2D eigenvalue weighted by Gasteiger charge is -2.31. The Hall–Kier alpha value is -5.24. The van der Waals surface area contributed by atoms with Crippen LogP contribution >= 0.6 is 0 Å². The molecule has 54 heavy (non-hydrogen) atoms. The summed E-state index contributed by atoms with van der Waals surface area (Å²) in [5.41, 5.74) is 2.07. The number of aliphatic hydroxyl groups excluding tert-OH is 1. The number of para-hydroxylation sites is 1. The summed E-state index contributed by atoms with van der Waals surface area (Å²) < 4.78 is 23.2. The Bertz CT molecular complexity index is 2090. The molecule has 280 valence electrons. The lowest BCUT2D eigenvalue weighted by atomic mass is 9.82. The number of carbonyl (C=O) groups is 3. The van der Waals surface area contributed by atoms with Crippen LogP contribution in [-0.4, -0.2) is 60.3 Å². The predicted octanol–water partition coefficient (Wildman–Crippen LogP) is 6.94. The van der Waals surface area contributed by atoms with E-state index in [0.717, 1.165) is 22.4 Å². The zero-order chi connectivity index (χ0) is 38.4. The summed E-state index contributed by atoms with van der Waals surface area (Å²) in [6.07, 6.45) is -0.173. The van der Waals surface area contributed by atoms with Gasteiger partial charge in [-0.3, -0.25) is 29.4 Å². The molecule has 1 saturated heterocycles. The van der Waals surface area contributed by atoms with Crippen LogP contribution in [0.2, 0.25) is 18.6 Å². The largest absolute Gasteiger partial charge is 0.395 e. The molecule has 4 aromatic rings. The van der Waals surface area contributed by atoms with E-state index in [1.165, 1.54) is 41.1 Å². The number of nitro benzene ring substituents is 1. The lowest BCUT2D eigenvalue weighted by molar-refractivity contribution is -0.385. The first kappa shape index (κ1) is 37.1. The number of fused-ring (bicyclic) bond motifs is 3. The molecule has 0 aliphatic carbocycles. The number of non-ortho nitro benzene ring substituents is 1. The number of nitro groups is 1. The van der Waals surface area contributed by atoms with Gasteiger partial charge < -0.3 is 23.8 Å². The number of aryl methyl sites for hydroxylation is 1. The van der Waals surface area contributed by atoms with Crippen molar-refractivity contribution in [3.05, 3.63) is 129 Å². The first-order valence-electron chi connectivity index (χ1n) is 18.2. The number of nitrogens with zero attached hydrogens (tertiary/aromatic N) is 4. The fourth-order valence-corrected chi connectivity index (χ4v) is 11.2. The molecular formula is C41H43FN4O7Si. The van der Waals surface area contributed by atoms with Gasteiger partial charge in [-0.25, -0.2) is 0 Å². The van der Waals surface area contributed by atoms with Gasteiger partial charge in [0.05, 0.1) is 42.0 Å². The SMILES string of the molecule is C[C@H]1[C@H]([Si](C)(C)F)[C@@H](CC(=O)N(CCO)Cc2ccccc2)O[C@]12C(=O)N(Cc1ccc(N3C(=O)CCc4ccccc43)cc1)c1ccc([N+](=O)[O-])cc12. The standard InChI is InChI=1S/C41H43FN4O7Si/c1-27-39(54(2,3)42)36(24-38(49)43(21-22-47)25-28-9-5-4-6-10-28)53-41(27)33-23-32(46(51)52)18-19-35(33)44(40(41)50)26-29-13-16-31(17-14-29)45-34-12-8-7-11-30(34)15-20-37(45)48/h4-14,16-19,23,27,36,39,47H,15,20-22,24-26H2,1-3H3/t27-,36+,39-,41+/m0/s1. The summed E-state index contributed by atoms with van der Waals surface area (Å²) >= 11 is 0. The molecule has 1 spiro atoms. The number of anilines is 3. The Morgan fingerprint density at radius 3 is 2.37 bits per heavy atom. The minimum absolute atomic E-state index is 0.0116. The Morgan fingerprint density at radius 2 is 1.69 bits per heavy atom. The van der Waals surface area contributed by atoms with Gasteiger partial charge in [-0.05, 0) is 60.5 Å². The van der Waals surface area contributed by atoms with Crippen molar-refractivity contribution in [3.8, 4) is 0 Å². The van der Waals surface area contributed by atoms with Gasteiger partial charge in [0.15, 0.2) is 5.60 Å². The summed E-state index contributed by atoms with van der Waals surface area (Å²) in [5.74, 6) is -1.62. The molecule has 4 aromatic carbocycles. The topological polar surface area (TPSA) is 134 Å². The van der Waals surface area contributed by atoms with Gasteiger partial charge in [0.2, 0.25) is 20.2 Å². The minimum atomic E-state index is -3.66. The molecule has 0 saturated carbocycles. The van der Waals surface area contributed by atoms with Crippen LogP contribution in [0.1, 0.15) is 42.0 Å². The molecule has 7 rings (SSSR count). The normalized spacial score (nSPS) is 22.1. The lowest BCUT2D eigenvalue weighted by Crippen LogP contribution is -2.45. The second-order valence-electron chi connectivity index (χ2n) is 14.9. The molecular weight excluding hydrogens is 708 g/mol. The Morgan fingerprint density at radius 1 is 0.981 bits per heavy atom. The molecule has 0 unspecified atom stereocenters. The van der Waals surface area contributed by atoms with Crippen molar-refractivity contribution in [2.75, 3.05) is 23.0 Å². The minimum Gasteiger partial charge on any atom is -0.395 e. The van der Waals surface area contributed by atoms with Crippen molar-refractivity contribution in [2.45, 2.75) is 69.6 Å². The molecule has 4 atom stereocenters. The van der Waals surface area contributed by atoms with Crippen molar-refractivity contribution < 1.29 is 33.3 Å². The number of halogens is 1. The highest BCUT2D eigenvalue weighted by Crippen LogP contribution is 2.60. The monoisotopic (exact) mass is 750 g/mol. The van der Waals surface area contributed by atoms with Gasteiger partial charge in [-0.15, -0.1) is 0 Å². The average molecular weight is 751 g/mol. The Labute approximate surface area is 314 Å². The van der Waals surface area contributed by atoms with Gasteiger partial charge in [0.25, 0.3) is 11.6 Å². The molecule has 13 heteroatoms. The van der Waals surface area contributed by atoms with E-state index in [1.807, 2.05) is 78.9 Å². The highest BCUT2D eigenvalue weighted by atomic mass is 28.4. The van der Waals surface area contributed by atoms with Gasteiger partial charge in [-0.2, -0.15) is 0 Å². The molecule has 1 N–H and O–H groups in total. The number of hydrogen-bond acceptors (Lipinski definition) is 7. The molecule has 0 bridgehead atoms. The first-order valence-corrected chi connectivity index (χ1v) is 21.2. The maximum absolute atomic E-state index is 16.5. The molecule has 11 nitrogen and oxygen atoms in total. The van der Waals surface area contributed by atoms with Crippen molar-refractivity contribution in [1.82, 2.24) is 4.90 Å². The molecule has 0 radical (unpaired) electrons. The average Bonchev–Trinajstić information content (AvgIpc) is 3.57. The second kappa shape index (κ2) is 14.5. The van der Waals surface area contributed by atoms with E-state index in [2.05, 4.69) is 0 Å². The Balaban J connectivity index is 1.21. The maximum atomic E-state index is 16.5. The zero-order valence-electron chi connectivity index (χ0n) is 30.5. The summed E-state index contributed by atoms with van der Waals surface area (Å²) in [4.78, 5) is 58.1. The smallest absolute Gasteiger partial charge is 0.269 e. The summed E-state index contributed by atoms with van der Waals surface area (Å²) in [5, 5.41) is 21.8. The van der Waals surface area contributed by atoms with Gasteiger partial charge in [0, 0.05) is 54.4 Å². The van der Waals surface area contributed by atoms with E-state index in [4.69, 9.17) is 4.74 Å². The number of rotatable bonds is 11. The summed E-state index contributed by atoms with van der Waals surface area (Å²) in [7, 11) is -3.66. The summed E-state index contributed by atoms with van der Waals surface area (Å²) in [6.45, 7) is 4.90. The van der Waals surface area contributed by atoms with Gasteiger partial charge in [-0.1, -0.05) is 67.6 Å². The van der Waals surface area contributed by atoms with Crippen molar-refractivity contribution in [2.24, 2.45) is 5.92 Å². The van der Waals surface area contributed by atoms with Gasteiger partial charge >= 0.3 is 0 Å². The van der Waals surface area contributed by atoms with E-state index in [9.17, 15) is 29.6 Å². The third-order valence-corrected chi connectivity index (χ3v) is 13.6. The van der Waals surface area contributed by atoms with Crippen molar-refractivity contribution in [1.29, 1.82) is 0 Å². The van der Waals surface area contributed by atoms with E-state index >= 15 is 4.11 Å². The van der Waals surface area contributed by atoms with Crippen LogP contribution in [0.5, 0.6) is 0 Å². The number of ether oxygens (including phenoxy) is 1. The van der Waals surface area contributed by atoms with Crippen LogP contribution in [0.4, 0.5) is 26.9 Å². The van der Waals surface area contributed by atoms with E-state index < -0.39 is 42.4 Å². The van der Waals surface area contributed by atoms with Gasteiger partial charge in [0.1, 0.15) is 0 Å². The number of benzene rings is 4. The van der Waals surface area contributed by atoms with Crippen LogP contribution in [0.3, 0.4) is 0 Å². The maximum Gasteiger partial charge on any atom is 0.269 e. The highest BCUT2D eigenvalue weighted by Gasteiger charge is 2.67. The van der Waals surface area contributed by atoms with Crippen LogP contribution < -0.4 is 9.80 Å².